The van der Waals surface area contributed by atoms with Gasteiger partial charge in [0.25, 0.3) is 0 Å². The van der Waals surface area contributed by atoms with Crippen LogP contribution in [0.25, 0.3) is 111 Å². The van der Waals surface area contributed by atoms with Crippen LogP contribution in [0, 0.1) is 39.0 Å². The molecule has 0 saturated heterocycles. The fourth-order valence-corrected chi connectivity index (χ4v) is 10.4. The molecule has 0 saturated carbocycles. The number of hydrogen-bond donors (Lipinski definition) is 0. The molecule has 0 aliphatic carbocycles. The molecule has 0 N–H and O–H groups in total. The minimum atomic E-state index is 0.540. The molecule has 0 radical (unpaired) electrons. The Morgan fingerprint density at radius 3 is 1.16 bits per heavy atom. The van der Waals surface area contributed by atoms with E-state index in [1.807, 2.05) is 36.4 Å². The minimum absolute atomic E-state index is 0.540. The fraction of sp³-hybridized carbons (Fsp3) is 0.0635. The summed E-state index contributed by atoms with van der Waals surface area (Å²) in [5, 5.41) is 16.1. The molecular formula is C63H45N5. The smallest absolute Gasteiger partial charge is 0.160 e. The molecule has 0 amide bonds. The maximum Gasteiger partial charge on any atom is 0.160 e. The van der Waals surface area contributed by atoms with E-state index in [9.17, 15) is 5.26 Å². The average Bonchev–Trinajstić information content (AvgIpc) is 3.88. The topological polar surface area (TPSA) is 59.4 Å². The number of hydrogen-bond acceptors (Lipinski definition) is 3. The third-order valence-electron chi connectivity index (χ3n) is 13.3. The Kier molecular flexibility index (Phi) is 9.71. The van der Waals surface area contributed by atoms with Crippen molar-refractivity contribution in [2.45, 2.75) is 27.7 Å². The van der Waals surface area contributed by atoms with Gasteiger partial charge in [-0.2, -0.15) is 5.26 Å². The largest absolute Gasteiger partial charge is 0.308 e. The van der Waals surface area contributed by atoms with Gasteiger partial charge in [-0.05, 0) is 105 Å². The van der Waals surface area contributed by atoms with E-state index in [1.54, 1.807) is 0 Å². The number of rotatable bonds is 7. The van der Waals surface area contributed by atoms with Crippen molar-refractivity contribution in [2.24, 2.45) is 0 Å². The summed E-state index contributed by atoms with van der Waals surface area (Å²) in [5.74, 6) is 0.563. The van der Waals surface area contributed by atoms with Gasteiger partial charge in [-0.1, -0.05) is 168 Å². The summed E-state index contributed by atoms with van der Waals surface area (Å²) in [6.45, 7) is 8.60. The lowest BCUT2D eigenvalue weighted by Crippen LogP contribution is -2.06. The quantitative estimate of drug-likeness (QED) is 0.160. The first-order valence-electron chi connectivity index (χ1n) is 23.1. The van der Waals surface area contributed by atoms with E-state index in [0.29, 0.717) is 11.4 Å². The number of para-hydroxylation sites is 2. The highest BCUT2D eigenvalue weighted by molar-refractivity contribution is 6.12. The van der Waals surface area contributed by atoms with Crippen molar-refractivity contribution in [3.05, 3.63) is 228 Å². The summed E-state index contributed by atoms with van der Waals surface area (Å²) in [6.07, 6.45) is 0. The maximum atomic E-state index is 11.7. The fourth-order valence-electron chi connectivity index (χ4n) is 10.4. The van der Waals surface area contributed by atoms with Gasteiger partial charge in [0.1, 0.15) is 11.6 Å². The van der Waals surface area contributed by atoms with Crippen molar-refractivity contribution in [3.8, 4) is 73.6 Å². The monoisotopic (exact) mass is 871 g/mol. The molecule has 5 nitrogen and oxygen atoms in total. The molecule has 0 atom stereocenters. The van der Waals surface area contributed by atoms with Crippen molar-refractivity contribution >= 4 is 43.6 Å². The highest BCUT2D eigenvalue weighted by Gasteiger charge is 2.24. The summed E-state index contributed by atoms with van der Waals surface area (Å²) in [6, 6.07) is 73.6. The van der Waals surface area contributed by atoms with Crippen LogP contribution in [0.5, 0.6) is 0 Å². The Morgan fingerprint density at radius 1 is 0.338 bits per heavy atom. The minimum Gasteiger partial charge on any atom is -0.308 e. The van der Waals surface area contributed by atoms with Crippen LogP contribution < -0.4 is 0 Å². The van der Waals surface area contributed by atoms with Crippen LogP contribution in [0.1, 0.15) is 27.8 Å². The Balaban J connectivity index is 1.18. The van der Waals surface area contributed by atoms with Crippen molar-refractivity contribution in [2.75, 3.05) is 0 Å². The number of aryl methyl sites for hydroxylation is 4. The molecule has 3 heterocycles. The second-order valence-corrected chi connectivity index (χ2v) is 18.1. The summed E-state index contributed by atoms with van der Waals surface area (Å²) >= 11 is 0. The zero-order valence-corrected chi connectivity index (χ0v) is 38.3. The van der Waals surface area contributed by atoms with Gasteiger partial charge >= 0.3 is 0 Å². The molecule has 0 bridgehead atoms. The van der Waals surface area contributed by atoms with Gasteiger partial charge in [0.2, 0.25) is 0 Å². The molecule has 5 heteroatoms. The molecule has 9 aromatic carbocycles. The van der Waals surface area contributed by atoms with E-state index in [2.05, 4.69) is 207 Å². The average molecular weight is 872 g/mol. The van der Waals surface area contributed by atoms with Crippen LogP contribution >= 0.6 is 0 Å². The van der Waals surface area contributed by atoms with E-state index in [-0.39, 0.29) is 0 Å². The lowest BCUT2D eigenvalue weighted by atomic mass is 9.99. The molecule has 68 heavy (non-hydrogen) atoms. The van der Waals surface area contributed by atoms with E-state index in [0.717, 1.165) is 94.2 Å². The predicted octanol–water partition coefficient (Wildman–Crippen LogP) is 16.1. The number of fused-ring (bicyclic) bond motifs is 6. The summed E-state index contributed by atoms with van der Waals surface area (Å²) < 4.78 is 4.54. The first kappa shape index (κ1) is 40.6. The molecule has 3 aromatic heterocycles. The predicted molar refractivity (Wildman–Crippen MR) is 282 cm³/mol. The first-order chi connectivity index (χ1) is 33.3. The molecule has 0 spiro atoms. The van der Waals surface area contributed by atoms with Crippen LogP contribution in [-0.2, 0) is 0 Å². The highest BCUT2D eigenvalue weighted by Crippen LogP contribution is 2.42. The van der Waals surface area contributed by atoms with Crippen LogP contribution in [0.3, 0.4) is 0 Å². The molecule has 12 aromatic rings. The molecule has 0 aliphatic heterocycles. The summed E-state index contributed by atoms with van der Waals surface area (Å²) in [7, 11) is 0. The molecule has 0 unspecified atom stereocenters. The van der Waals surface area contributed by atoms with Gasteiger partial charge in [-0.25, -0.2) is 9.97 Å². The summed E-state index contributed by atoms with van der Waals surface area (Å²) in [5.41, 5.74) is 20.0. The highest BCUT2D eigenvalue weighted by atomic mass is 15.0. The third kappa shape index (κ3) is 6.94. The lowest BCUT2D eigenvalue weighted by Gasteiger charge is -2.18. The van der Waals surface area contributed by atoms with E-state index < -0.39 is 0 Å². The van der Waals surface area contributed by atoms with Gasteiger partial charge in [-0.3, -0.25) is 0 Å². The van der Waals surface area contributed by atoms with E-state index in [1.165, 1.54) is 33.4 Å². The third-order valence-corrected chi connectivity index (χ3v) is 13.3. The van der Waals surface area contributed by atoms with Crippen molar-refractivity contribution < 1.29 is 0 Å². The van der Waals surface area contributed by atoms with Gasteiger partial charge in [-0.15, -0.1) is 0 Å². The molecular weight excluding hydrogens is 827 g/mol. The number of benzene rings is 9. The van der Waals surface area contributed by atoms with Crippen molar-refractivity contribution in [3.63, 3.8) is 0 Å². The first-order valence-corrected chi connectivity index (χ1v) is 23.1. The molecule has 12 rings (SSSR count). The zero-order chi connectivity index (χ0) is 46.0. The van der Waals surface area contributed by atoms with Crippen LogP contribution in [0.15, 0.2) is 200 Å². The van der Waals surface area contributed by atoms with E-state index in [4.69, 9.17) is 9.97 Å². The molecule has 0 fully saturated rings. The number of aromatic nitrogens is 4. The second-order valence-electron chi connectivity index (χ2n) is 18.1. The van der Waals surface area contributed by atoms with Gasteiger partial charge in [0.15, 0.2) is 5.82 Å². The van der Waals surface area contributed by atoms with Gasteiger partial charge in [0.05, 0.1) is 44.8 Å². The van der Waals surface area contributed by atoms with Gasteiger partial charge < -0.3 is 9.13 Å². The SMILES string of the molecule is Cc1cc(C)cc(-c2ccc3c(c2)c2ccccc2n3-c2cc(-c3nc(-c4ccccc4)cc(-c4ccccc4)n3)cc(-n3c4ccccc4c4cc(-c5cc(C)cc(C)c5)ccc43)c2C#N)c1. The van der Waals surface area contributed by atoms with Crippen LogP contribution in [0.2, 0.25) is 0 Å². The normalized spacial score (nSPS) is 11.5. The number of nitrogens with zero attached hydrogens (tertiary/aromatic N) is 5. The Bertz CT molecular complexity index is 3730. The Hall–Kier alpha value is -8.85. The van der Waals surface area contributed by atoms with Crippen LogP contribution in [-0.4, -0.2) is 19.1 Å². The van der Waals surface area contributed by atoms with E-state index >= 15 is 0 Å². The number of nitriles is 1. The zero-order valence-electron chi connectivity index (χ0n) is 38.3. The Labute approximate surface area is 395 Å². The Morgan fingerprint density at radius 2 is 0.735 bits per heavy atom. The second kappa shape index (κ2) is 16.2. The van der Waals surface area contributed by atoms with Crippen molar-refractivity contribution in [1.29, 1.82) is 5.26 Å². The lowest BCUT2D eigenvalue weighted by molar-refractivity contribution is 1.11. The standard InChI is InChI=1S/C63H45N5/c1-39-27-40(2)30-47(29-39)45-23-25-59-52(33-45)50-19-11-13-21-57(50)67(59)61-35-49(63-65-55(43-15-7-5-8-16-43)37-56(66-63)44-17-9-6-10-18-44)36-62(54(61)38-64)68-58-22-14-12-20-51(58)53-34-46(24-26-60(53)68)48-31-41(3)28-42(4)32-48/h5-37H,1-4H3. The van der Waals surface area contributed by atoms with Gasteiger partial charge in [0, 0.05) is 38.2 Å². The summed E-state index contributed by atoms with van der Waals surface area (Å²) in [4.78, 5) is 10.7. The van der Waals surface area contributed by atoms with Crippen molar-refractivity contribution in [1.82, 2.24) is 19.1 Å². The maximum absolute atomic E-state index is 11.7. The van der Waals surface area contributed by atoms with Crippen LogP contribution in [0.4, 0.5) is 0 Å². The molecule has 0 aliphatic rings. The molecule has 322 valence electrons.